The first kappa shape index (κ1) is 12.2. The fourth-order valence-corrected chi connectivity index (χ4v) is 1.91. The summed E-state index contributed by atoms with van der Waals surface area (Å²) in [5, 5.41) is 4.42. The summed E-state index contributed by atoms with van der Waals surface area (Å²) in [4.78, 5) is 2.34. The monoisotopic (exact) mass is 209 g/mol. The highest BCUT2D eigenvalue weighted by atomic mass is 15.3. The summed E-state index contributed by atoms with van der Waals surface area (Å²) in [6, 6.07) is 0. The molecule has 0 aliphatic carbocycles. The average molecular weight is 209 g/mol. The van der Waals surface area contributed by atoms with Gasteiger partial charge in [-0.15, -0.1) is 0 Å². The molecule has 86 valence electrons. The maximum Gasteiger partial charge on any atom is 0.0641 e. The van der Waals surface area contributed by atoms with E-state index in [-0.39, 0.29) is 0 Å². The Morgan fingerprint density at radius 1 is 1.27 bits per heavy atom. The number of aromatic nitrogens is 2. The van der Waals surface area contributed by atoms with Gasteiger partial charge in [-0.3, -0.25) is 4.68 Å². The molecule has 0 unspecified atom stereocenters. The van der Waals surface area contributed by atoms with Crippen LogP contribution in [0.1, 0.15) is 37.2 Å². The molecule has 0 fully saturated rings. The van der Waals surface area contributed by atoms with E-state index in [0.29, 0.717) is 0 Å². The molecule has 0 saturated carbocycles. The second kappa shape index (κ2) is 5.31. The zero-order chi connectivity index (χ0) is 11.4. The first-order valence-electron chi connectivity index (χ1n) is 5.80. The van der Waals surface area contributed by atoms with E-state index in [0.717, 1.165) is 19.5 Å². The summed E-state index contributed by atoms with van der Waals surface area (Å²) in [5.41, 5.74) is 4.05. The summed E-state index contributed by atoms with van der Waals surface area (Å²) in [5.74, 6) is 0. The first-order valence-corrected chi connectivity index (χ1v) is 5.80. The van der Waals surface area contributed by atoms with Crippen LogP contribution in [0.25, 0.3) is 0 Å². The molecule has 0 atom stereocenters. The molecular weight excluding hydrogens is 186 g/mol. The maximum atomic E-state index is 4.42. The van der Waals surface area contributed by atoms with Crippen LogP contribution in [-0.2, 0) is 20.0 Å². The van der Waals surface area contributed by atoms with Crippen molar-refractivity contribution < 1.29 is 0 Å². The molecule has 15 heavy (non-hydrogen) atoms. The van der Waals surface area contributed by atoms with Gasteiger partial charge in [0.05, 0.1) is 5.69 Å². The highest BCUT2D eigenvalue weighted by Crippen LogP contribution is 2.19. The Labute approximate surface area is 93.1 Å². The molecule has 1 aromatic heterocycles. The largest absolute Gasteiger partial charge is 0.302 e. The van der Waals surface area contributed by atoms with Crippen molar-refractivity contribution in [2.75, 3.05) is 13.6 Å². The number of rotatable bonds is 0. The van der Waals surface area contributed by atoms with Crippen LogP contribution in [0.4, 0.5) is 0 Å². The van der Waals surface area contributed by atoms with Crippen molar-refractivity contribution in [2.45, 2.75) is 40.2 Å². The van der Waals surface area contributed by atoms with Crippen molar-refractivity contribution in [1.29, 1.82) is 0 Å². The summed E-state index contributed by atoms with van der Waals surface area (Å²) < 4.78 is 2.03. The van der Waals surface area contributed by atoms with Gasteiger partial charge in [0.15, 0.2) is 0 Å². The first-order chi connectivity index (χ1) is 7.10. The summed E-state index contributed by atoms with van der Waals surface area (Å²) in [6.45, 7) is 8.57. The quantitative estimate of drug-likeness (QED) is 0.652. The van der Waals surface area contributed by atoms with Crippen LogP contribution in [0.5, 0.6) is 0 Å². The van der Waals surface area contributed by atoms with Crippen LogP contribution in [0, 0.1) is 6.92 Å². The Bertz CT molecular complexity index is 315. The number of nitrogens with zero attached hydrogens (tertiary/aromatic N) is 3. The molecule has 2 rings (SSSR count). The Hall–Kier alpha value is -0.830. The number of fused-ring (bicyclic) bond motifs is 1. The molecule has 0 N–H and O–H groups in total. The van der Waals surface area contributed by atoms with Crippen molar-refractivity contribution in [3.63, 3.8) is 0 Å². The highest BCUT2D eigenvalue weighted by molar-refractivity contribution is 5.27. The second-order valence-electron chi connectivity index (χ2n) is 4.33. The Balaban J connectivity index is 0.000000337. The van der Waals surface area contributed by atoms with E-state index in [4.69, 9.17) is 0 Å². The van der Waals surface area contributed by atoms with Crippen molar-refractivity contribution in [3.05, 3.63) is 17.0 Å². The summed E-state index contributed by atoms with van der Waals surface area (Å²) >= 11 is 0. The molecule has 3 nitrogen and oxygen atoms in total. The molecule has 1 aromatic rings. The third-order valence-corrected chi connectivity index (χ3v) is 2.63. The van der Waals surface area contributed by atoms with Gasteiger partial charge in [-0.25, -0.2) is 0 Å². The topological polar surface area (TPSA) is 21.1 Å². The zero-order valence-corrected chi connectivity index (χ0v) is 10.7. The lowest BCUT2D eigenvalue weighted by Crippen LogP contribution is -2.27. The van der Waals surface area contributed by atoms with E-state index >= 15 is 0 Å². The predicted molar refractivity (Wildman–Crippen MR) is 63.9 cm³/mol. The Morgan fingerprint density at radius 2 is 1.87 bits per heavy atom. The molecular formula is C12H23N3. The summed E-state index contributed by atoms with van der Waals surface area (Å²) in [6.07, 6.45) is 2.39. The van der Waals surface area contributed by atoms with Crippen LogP contribution >= 0.6 is 0 Å². The highest BCUT2D eigenvalue weighted by Gasteiger charge is 2.19. The molecule has 3 heteroatoms. The summed E-state index contributed by atoms with van der Waals surface area (Å²) in [7, 11) is 4.20. The van der Waals surface area contributed by atoms with E-state index in [1.165, 1.54) is 23.4 Å². The Morgan fingerprint density at radius 3 is 2.47 bits per heavy atom. The number of hydrogen-bond donors (Lipinski definition) is 0. The van der Waals surface area contributed by atoms with Gasteiger partial charge in [0.1, 0.15) is 0 Å². The van der Waals surface area contributed by atoms with E-state index in [2.05, 4.69) is 37.8 Å². The van der Waals surface area contributed by atoms with Crippen LogP contribution in [0.2, 0.25) is 0 Å². The molecule has 2 heterocycles. The molecule has 0 aromatic carbocycles. The fourth-order valence-electron chi connectivity index (χ4n) is 1.91. The van der Waals surface area contributed by atoms with Gasteiger partial charge >= 0.3 is 0 Å². The van der Waals surface area contributed by atoms with Crippen LogP contribution < -0.4 is 0 Å². The number of hydrogen-bond acceptors (Lipinski definition) is 2. The molecule has 1 aliphatic rings. The van der Waals surface area contributed by atoms with Crippen molar-refractivity contribution in [3.8, 4) is 0 Å². The Kier molecular flexibility index (Phi) is 4.33. The molecule has 0 amide bonds. The van der Waals surface area contributed by atoms with Gasteiger partial charge in [-0.1, -0.05) is 20.3 Å². The fraction of sp³-hybridized carbons (Fsp3) is 0.750. The van der Waals surface area contributed by atoms with Crippen molar-refractivity contribution >= 4 is 0 Å². The number of likely N-dealkylation sites (N-methyl/N-ethyl adjacent to an activating group) is 1. The minimum Gasteiger partial charge on any atom is -0.302 e. The normalized spacial score (nSPS) is 15.5. The SMILES string of the molecule is CCC.Cc1nn(C)c2c1CN(C)CC2. The van der Waals surface area contributed by atoms with Crippen LogP contribution in [0.15, 0.2) is 0 Å². The van der Waals surface area contributed by atoms with Gasteiger partial charge in [0.2, 0.25) is 0 Å². The maximum absolute atomic E-state index is 4.42. The van der Waals surface area contributed by atoms with Gasteiger partial charge in [-0.05, 0) is 14.0 Å². The number of aryl methyl sites for hydroxylation is 2. The lowest BCUT2D eigenvalue weighted by molar-refractivity contribution is 0.308. The van der Waals surface area contributed by atoms with Gasteiger partial charge in [-0.2, -0.15) is 5.10 Å². The molecule has 1 aliphatic heterocycles. The van der Waals surface area contributed by atoms with Gasteiger partial charge < -0.3 is 4.90 Å². The predicted octanol–water partition coefficient (Wildman–Crippen LogP) is 2.13. The smallest absolute Gasteiger partial charge is 0.0641 e. The third-order valence-electron chi connectivity index (χ3n) is 2.63. The minimum absolute atomic E-state index is 1.06. The van der Waals surface area contributed by atoms with E-state index in [1.807, 2.05) is 11.7 Å². The van der Waals surface area contributed by atoms with E-state index < -0.39 is 0 Å². The molecule has 0 radical (unpaired) electrons. The van der Waals surface area contributed by atoms with Gasteiger partial charge in [0.25, 0.3) is 0 Å². The third kappa shape index (κ3) is 2.81. The standard InChI is InChI=1S/C9H15N3.C3H8/c1-7-8-6-11(2)5-4-9(8)12(3)10-7;1-3-2/h4-6H2,1-3H3;3H2,1-2H3. The van der Waals surface area contributed by atoms with Crippen LogP contribution in [0.3, 0.4) is 0 Å². The minimum atomic E-state index is 1.06. The van der Waals surface area contributed by atoms with Crippen molar-refractivity contribution in [2.24, 2.45) is 7.05 Å². The molecule has 0 spiro atoms. The lowest BCUT2D eigenvalue weighted by Gasteiger charge is -2.22. The van der Waals surface area contributed by atoms with E-state index in [9.17, 15) is 0 Å². The second-order valence-corrected chi connectivity index (χ2v) is 4.33. The van der Waals surface area contributed by atoms with Crippen LogP contribution in [-0.4, -0.2) is 28.3 Å². The zero-order valence-electron chi connectivity index (χ0n) is 10.7. The van der Waals surface area contributed by atoms with Crippen molar-refractivity contribution in [1.82, 2.24) is 14.7 Å². The van der Waals surface area contributed by atoms with E-state index in [1.54, 1.807) is 0 Å². The lowest BCUT2D eigenvalue weighted by atomic mass is 10.1. The molecule has 0 bridgehead atoms. The molecule has 0 saturated heterocycles. The van der Waals surface area contributed by atoms with Gasteiger partial charge in [0, 0.05) is 37.8 Å². The average Bonchev–Trinajstić information content (AvgIpc) is 2.43.